The van der Waals surface area contributed by atoms with Crippen molar-refractivity contribution >= 4 is 11.9 Å². The number of carbonyl (C=O) groups excluding carboxylic acids is 1. The Morgan fingerprint density at radius 1 is 1.14 bits per heavy atom. The first-order valence-electron chi connectivity index (χ1n) is 11.1. The molecule has 6 rings (SSSR count). The topological polar surface area (TPSA) is 58.1 Å². The number of hydrogen-bond acceptors (Lipinski definition) is 4. The van der Waals surface area contributed by atoms with Crippen molar-refractivity contribution in [3.8, 4) is 0 Å². The van der Waals surface area contributed by atoms with Gasteiger partial charge >= 0.3 is 0 Å². The van der Waals surface area contributed by atoms with Crippen molar-refractivity contribution in [1.82, 2.24) is 15.3 Å². The van der Waals surface area contributed by atoms with Crippen LogP contribution in [0.1, 0.15) is 58.3 Å². The van der Waals surface area contributed by atoms with Gasteiger partial charge in [0.1, 0.15) is 0 Å². The third-order valence-corrected chi connectivity index (χ3v) is 7.83. The Balaban J connectivity index is 1.23. The molecule has 4 bridgehead atoms. The molecule has 1 atom stereocenters. The lowest BCUT2D eigenvalue weighted by Crippen LogP contribution is -2.48. The molecule has 1 saturated heterocycles. The van der Waals surface area contributed by atoms with E-state index in [0.717, 1.165) is 49.6 Å². The highest BCUT2D eigenvalue weighted by atomic mass is 16.1. The second kappa shape index (κ2) is 7.16. The van der Waals surface area contributed by atoms with Crippen molar-refractivity contribution in [2.24, 2.45) is 23.2 Å². The van der Waals surface area contributed by atoms with Crippen LogP contribution in [0.15, 0.2) is 30.1 Å². The number of allylic oxidation sites excluding steroid dienone is 1. The minimum atomic E-state index is 0.0917. The van der Waals surface area contributed by atoms with E-state index in [9.17, 15) is 4.79 Å². The van der Waals surface area contributed by atoms with E-state index in [2.05, 4.69) is 27.1 Å². The number of rotatable bonds is 4. The molecule has 4 aliphatic carbocycles. The molecule has 1 N–H and O–H groups in total. The van der Waals surface area contributed by atoms with E-state index in [1.54, 1.807) is 12.4 Å². The standard InChI is InChI=1S/C23H32N4O/c1-16(23-12-17-9-18(13-23)11-19(10-17)14-23)8-21(28)26-20-4-2-7-27(15-20)22-24-5-3-6-25-22/h3,5-6,8,17-20H,2,4,7,9-15H2,1H3,(H,26,28)/b16-8+/t17?,18?,19?,20-,23?/m1/s1. The van der Waals surface area contributed by atoms with Gasteiger partial charge in [0.2, 0.25) is 11.9 Å². The zero-order valence-corrected chi connectivity index (χ0v) is 16.9. The Morgan fingerprint density at radius 2 is 1.79 bits per heavy atom. The zero-order valence-electron chi connectivity index (χ0n) is 16.9. The lowest BCUT2D eigenvalue weighted by atomic mass is 9.48. The lowest BCUT2D eigenvalue weighted by molar-refractivity contribution is -0.117. The predicted molar refractivity (Wildman–Crippen MR) is 110 cm³/mol. The molecule has 1 aliphatic heterocycles. The van der Waals surface area contributed by atoms with Crippen molar-refractivity contribution < 1.29 is 4.79 Å². The van der Waals surface area contributed by atoms with Crippen LogP contribution in [0.3, 0.4) is 0 Å². The summed E-state index contributed by atoms with van der Waals surface area (Å²) in [6.45, 7) is 3.97. The molecule has 0 aromatic carbocycles. The molecule has 150 valence electrons. The van der Waals surface area contributed by atoms with E-state index in [4.69, 9.17) is 0 Å². The molecule has 5 aliphatic rings. The van der Waals surface area contributed by atoms with Crippen LogP contribution >= 0.6 is 0 Å². The molecule has 5 fully saturated rings. The molecule has 4 saturated carbocycles. The van der Waals surface area contributed by atoms with Crippen LogP contribution in [0.25, 0.3) is 0 Å². The molecule has 5 nitrogen and oxygen atoms in total. The highest BCUT2D eigenvalue weighted by molar-refractivity contribution is 5.88. The van der Waals surface area contributed by atoms with Crippen LogP contribution in [-0.4, -0.2) is 35.0 Å². The van der Waals surface area contributed by atoms with Crippen molar-refractivity contribution in [3.05, 3.63) is 30.1 Å². The minimum Gasteiger partial charge on any atom is -0.348 e. The van der Waals surface area contributed by atoms with Gasteiger partial charge in [-0.2, -0.15) is 0 Å². The predicted octanol–water partition coefficient (Wildman–Crippen LogP) is 3.72. The number of anilines is 1. The zero-order chi connectivity index (χ0) is 19.1. The quantitative estimate of drug-likeness (QED) is 0.809. The van der Waals surface area contributed by atoms with E-state index in [0.29, 0.717) is 5.41 Å². The van der Waals surface area contributed by atoms with E-state index >= 15 is 0 Å². The molecule has 5 heteroatoms. The fourth-order valence-electron chi connectivity index (χ4n) is 6.92. The van der Waals surface area contributed by atoms with Gasteiger partial charge < -0.3 is 10.2 Å². The summed E-state index contributed by atoms with van der Waals surface area (Å²) < 4.78 is 0. The fraction of sp³-hybridized carbons (Fsp3) is 0.696. The molecule has 1 aromatic rings. The van der Waals surface area contributed by atoms with Gasteiger partial charge in [-0.3, -0.25) is 4.79 Å². The second-order valence-electron chi connectivity index (χ2n) is 9.87. The van der Waals surface area contributed by atoms with Gasteiger partial charge in [0, 0.05) is 37.6 Å². The molecule has 0 unspecified atom stereocenters. The van der Waals surface area contributed by atoms with Crippen LogP contribution in [0.5, 0.6) is 0 Å². The fourth-order valence-corrected chi connectivity index (χ4v) is 6.92. The minimum absolute atomic E-state index is 0.0917. The van der Waals surface area contributed by atoms with Crippen LogP contribution in [-0.2, 0) is 4.79 Å². The summed E-state index contributed by atoms with van der Waals surface area (Å²) in [5.41, 5.74) is 1.66. The maximum Gasteiger partial charge on any atom is 0.244 e. The van der Waals surface area contributed by atoms with E-state index in [-0.39, 0.29) is 11.9 Å². The van der Waals surface area contributed by atoms with Crippen LogP contribution in [0.4, 0.5) is 5.95 Å². The first-order valence-corrected chi connectivity index (χ1v) is 11.1. The van der Waals surface area contributed by atoms with Gasteiger partial charge in [0.25, 0.3) is 0 Å². The number of carbonyl (C=O) groups is 1. The highest BCUT2D eigenvalue weighted by Gasteiger charge is 2.51. The summed E-state index contributed by atoms with van der Waals surface area (Å²) in [4.78, 5) is 23.7. The Bertz CT molecular complexity index is 724. The number of piperidine rings is 1. The van der Waals surface area contributed by atoms with E-state index in [1.807, 2.05) is 12.1 Å². The van der Waals surface area contributed by atoms with Gasteiger partial charge in [-0.1, -0.05) is 5.57 Å². The van der Waals surface area contributed by atoms with E-state index in [1.165, 1.54) is 44.1 Å². The number of nitrogens with one attached hydrogen (secondary N) is 1. The Hall–Kier alpha value is -1.91. The molecule has 0 radical (unpaired) electrons. The monoisotopic (exact) mass is 380 g/mol. The van der Waals surface area contributed by atoms with Gasteiger partial charge in [0.15, 0.2) is 0 Å². The summed E-state index contributed by atoms with van der Waals surface area (Å²) in [6, 6.07) is 2.01. The number of nitrogens with zero attached hydrogens (tertiary/aromatic N) is 3. The maximum atomic E-state index is 12.8. The summed E-state index contributed by atoms with van der Waals surface area (Å²) in [5.74, 6) is 3.59. The number of hydrogen-bond donors (Lipinski definition) is 1. The maximum absolute atomic E-state index is 12.8. The summed E-state index contributed by atoms with van der Waals surface area (Å²) in [5, 5.41) is 3.27. The Labute approximate surface area is 168 Å². The molecule has 28 heavy (non-hydrogen) atoms. The van der Waals surface area contributed by atoms with Gasteiger partial charge in [-0.15, -0.1) is 0 Å². The molecular weight excluding hydrogens is 348 g/mol. The molecular formula is C23H32N4O. The van der Waals surface area contributed by atoms with Gasteiger partial charge in [-0.25, -0.2) is 9.97 Å². The highest BCUT2D eigenvalue weighted by Crippen LogP contribution is 2.62. The Kier molecular flexibility index (Phi) is 4.64. The third-order valence-electron chi connectivity index (χ3n) is 7.83. The average Bonchev–Trinajstić information content (AvgIpc) is 2.68. The van der Waals surface area contributed by atoms with Crippen LogP contribution < -0.4 is 10.2 Å². The SMILES string of the molecule is C/C(=C\C(=O)N[C@@H]1CCCN(c2ncccn2)C1)C12CC3CC(CC(C3)C1)C2. The first kappa shape index (κ1) is 18.1. The summed E-state index contributed by atoms with van der Waals surface area (Å²) in [7, 11) is 0. The lowest BCUT2D eigenvalue weighted by Gasteiger charge is -2.57. The molecule has 1 aromatic heterocycles. The van der Waals surface area contributed by atoms with Crippen molar-refractivity contribution in [1.29, 1.82) is 0 Å². The van der Waals surface area contributed by atoms with Crippen molar-refractivity contribution in [2.45, 2.75) is 64.3 Å². The number of amides is 1. The first-order chi connectivity index (χ1) is 13.6. The summed E-state index contributed by atoms with van der Waals surface area (Å²) in [6.07, 6.45) is 15.9. The third kappa shape index (κ3) is 3.44. The van der Waals surface area contributed by atoms with Crippen molar-refractivity contribution in [3.63, 3.8) is 0 Å². The second-order valence-corrected chi connectivity index (χ2v) is 9.87. The van der Waals surface area contributed by atoms with Gasteiger partial charge in [-0.05, 0) is 87.5 Å². The van der Waals surface area contributed by atoms with Crippen molar-refractivity contribution in [2.75, 3.05) is 18.0 Å². The smallest absolute Gasteiger partial charge is 0.244 e. The van der Waals surface area contributed by atoms with Crippen LogP contribution in [0, 0.1) is 23.2 Å². The van der Waals surface area contributed by atoms with Gasteiger partial charge in [0.05, 0.1) is 0 Å². The largest absolute Gasteiger partial charge is 0.348 e. The average molecular weight is 381 g/mol. The molecule has 2 heterocycles. The molecule has 0 spiro atoms. The Morgan fingerprint density at radius 3 is 2.43 bits per heavy atom. The van der Waals surface area contributed by atoms with Crippen LogP contribution in [0.2, 0.25) is 0 Å². The number of aromatic nitrogens is 2. The summed E-state index contributed by atoms with van der Waals surface area (Å²) >= 11 is 0. The normalized spacial score (nSPS) is 37.2. The van der Waals surface area contributed by atoms with E-state index < -0.39 is 0 Å². The molecule has 1 amide bonds.